The van der Waals surface area contributed by atoms with E-state index in [1.165, 1.54) is 0 Å². The van der Waals surface area contributed by atoms with E-state index in [0.29, 0.717) is 0 Å². The highest BCUT2D eigenvalue weighted by Crippen LogP contribution is 1.94. The molecule has 0 aromatic heterocycles. The summed E-state index contributed by atoms with van der Waals surface area (Å²) >= 11 is 5.05. The Labute approximate surface area is 62.4 Å². The van der Waals surface area contributed by atoms with Crippen molar-refractivity contribution < 1.29 is 19.8 Å². The monoisotopic (exact) mass is 166 g/mol. The van der Waals surface area contributed by atoms with Crippen LogP contribution in [0.2, 0.25) is 0 Å². The maximum atomic E-state index is 10.4. The van der Waals surface area contributed by atoms with Crippen LogP contribution < -0.4 is 0 Å². The number of aliphatic hydroxyl groups excluding tert-OH is 1. The molecule has 0 amide bonds. The molecule has 1 unspecified atom stereocenters. The fraction of sp³-hybridized carbons (Fsp3) is 0.600. The minimum atomic E-state index is -1.62. The summed E-state index contributed by atoms with van der Waals surface area (Å²) in [7, 11) is 0. The second kappa shape index (κ2) is 4.24. The van der Waals surface area contributed by atoms with Crippen LogP contribution in [0.25, 0.3) is 0 Å². The third kappa shape index (κ3) is 3.42. The van der Waals surface area contributed by atoms with Crippen LogP contribution in [0.4, 0.5) is 0 Å². The summed E-state index contributed by atoms with van der Waals surface area (Å²) in [6.45, 7) is 0. The molecule has 0 aliphatic heterocycles. The van der Waals surface area contributed by atoms with Gasteiger partial charge in [0.25, 0.3) is 0 Å². The van der Waals surface area contributed by atoms with Crippen LogP contribution in [-0.4, -0.2) is 33.9 Å². The van der Waals surface area contributed by atoms with E-state index < -0.39 is 24.3 Å². The Morgan fingerprint density at radius 1 is 1.50 bits per heavy atom. The first-order valence-corrected chi connectivity index (χ1v) is 3.10. The van der Waals surface area contributed by atoms with Gasteiger partial charge in [-0.3, -0.25) is 4.79 Å². The lowest BCUT2D eigenvalue weighted by Gasteiger charge is -2.00. The zero-order valence-corrected chi connectivity index (χ0v) is 5.84. The van der Waals surface area contributed by atoms with Gasteiger partial charge in [0.15, 0.2) is 11.9 Å². The van der Waals surface area contributed by atoms with Crippen molar-refractivity contribution >= 4 is 23.4 Å². The molecule has 2 N–H and O–H groups in total. The Morgan fingerprint density at radius 2 is 2.00 bits per heavy atom. The summed E-state index contributed by atoms with van der Waals surface area (Å²) < 4.78 is 0. The highest BCUT2D eigenvalue weighted by Gasteiger charge is 2.16. The minimum absolute atomic E-state index is 0.260. The number of Topliss-reactive ketones (excluding diaryl/α,β-unsaturated/α-hetero) is 1. The summed E-state index contributed by atoms with van der Waals surface area (Å²) in [4.78, 5) is 20.3. The Morgan fingerprint density at radius 3 is 2.30 bits per heavy atom. The topological polar surface area (TPSA) is 74.6 Å². The van der Waals surface area contributed by atoms with Crippen molar-refractivity contribution in [3.8, 4) is 0 Å². The van der Waals surface area contributed by atoms with Crippen molar-refractivity contribution in [3.05, 3.63) is 0 Å². The number of hydrogen-bond donors (Lipinski definition) is 2. The van der Waals surface area contributed by atoms with Crippen LogP contribution in [0.15, 0.2) is 0 Å². The molecule has 0 fully saturated rings. The highest BCUT2D eigenvalue weighted by atomic mass is 35.5. The molecular weight excluding hydrogens is 160 g/mol. The van der Waals surface area contributed by atoms with E-state index in [1.54, 1.807) is 0 Å². The lowest BCUT2D eigenvalue weighted by Crippen LogP contribution is -2.23. The van der Waals surface area contributed by atoms with Gasteiger partial charge in [-0.2, -0.15) is 0 Å². The van der Waals surface area contributed by atoms with Gasteiger partial charge in [0.1, 0.15) is 0 Å². The number of rotatable bonds is 4. The van der Waals surface area contributed by atoms with E-state index in [-0.39, 0.29) is 5.88 Å². The predicted octanol–water partition coefficient (Wildman–Crippen LogP) is -0.370. The molecule has 58 valence electrons. The molecule has 0 radical (unpaired) electrons. The summed E-state index contributed by atoms with van der Waals surface area (Å²) in [6.07, 6.45) is -2.04. The molecule has 10 heavy (non-hydrogen) atoms. The van der Waals surface area contributed by atoms with Crippen LogP contribution in [-0.2, 0) is 9.59 Å². The predicted molar refractivity (Wildman–Crippen MR) is 34.0 cm³/mol. The number of halogens is 1. The highest BCUT2D eigenvalue weighted by molar-refractivity contribution is 6.27. The van der Waals surface area contributed by atoms with Crippen molar-refractivity contribution in [2.45, 2.75) is 12.5 Å². The Bertz CT molecular complexity index is 145. The van der Waals surface area contributed by atoms with E-state index in [4.69, 9.17) is 21.8 Å². The van der Waals surface area contributed by atoms with Gasteiger partial charge in [-0.25, -0.2) is 4.79 Å². The molecule has 4 nitrogen and oxygen atoms in total. The number of alkyl halides is 1. The first-order chi connectivity index (χ1) is 4.57. The summed E-state index contributed by atoms with van der Waals surface area (Å²) in [5, 5.41) is 16.6. The molecule has 0 aliphatic rings. The number of carboxylic acid groups (broad SMARTS) is 1. The van der Waals surface area contributed by atoms with Crippen molar-refractivity contribution in [1.29, 1.82) is 0 Å². The Kier molecular flexibility index (Phi) is 3.99. The van der Waals surface area contributed by atoms with Crippen LogP contribution in [0.1, 0.15) is 6.42 Å². The molecule has 1 atom stereocenters. The minimum Gasteiger partial charge on any atom is -0.479 e. The average molecular weight is 167 g/mol. The zero-order chi connectivity index (χ0) is 8.15. The molecule has 0 saturated carbocycles. The second-order valence-electron chi connectivity index (χ2n) is 1.73. The lowest BCUT2D eigenvalue weighted by atomic mass is 10.2. The average Bonchev–Trinajstić information content (AvgIpc) is 1.87. The number of aliphatic hydroxyl groups is 1. The standard InChI is InChI=1S/C5H7ClO4/c6-2-3(7)1-4(8)5(9)10/h4,8H,1-2H2,(H,9,10). The number of ketones is 1. The third-order valence-corrected chi connectivity index (χ3v) is 1.15. The first-order valence-electron chi connectivity index (χ1n) is 2.56. The normalized spacial score (nSPS) is 12.6. The first kappa shape index (κ1) is 9.39. The SMILES string of the molecule is O=C(CCl)CC(O)C(=O)O. The molecule has 0 aromatic carbocycles. The van der Waals surface area contributed by atoms with E-state index >= 15 is 0 Å². The Hall–Kier alpha value is -0.610. The van der Waals surface area contributed by atoms with Crippen LogP contribution in [0.3, 0.4) is 0 Å². The molecule has 5 heteroatoms. The molecule has 0 rings (SSSR count). The Balaban J connectivity index is 3.68. The number of hydrogen-bond acceptors (Lipinski definition) is 3. The maximum absolute atomic E-state index is 10.4. The van der Waals surface area contributed by atoms with Crippen LogP contribution >= 0.6 is 11.6 Å². The second-order valence-corrected chi connectivity index (χ2v) is 2.00. The zero-order valence-electron chi connectivity index (χ0n) is 5.08. The van der Waals surface area contributed by atoms with Gasteiger partial charge >= 0.3 is 5.97 Å². The fourth-order valence-corrected chi connectivity index (χ4v) is 0.467. The van der Waals surface area contributed by atoms with Crippen molar-refractivity contribution in [2.24, 2.45) is 0 Å². The number of carbonyl (C=O) groups excluding carboxylic acids is 1. The fourth-order valence-electron chi connectivity index (χ4n) is 0.358. The van der Waals surface area contributed by atoms with Gasteiger partial charge in [-0.15, -0.1) is 11.6 Å². The van der Waals surface area contributed by atoms with Gasteiger partial charge in [-0.1, -0.05) is 0 Å². The molecule has 0 saturated heterocycles. The van der Waals surface area contributed by atoms with E-state index in [0.717, 1.165) is 0 Å². The van der Waals surface area contributed by atoms with Gasteiger partial charge < -0.3 is 10.2 Å². The number of carbonyl (C=O) groups is 2. The van der Waals surface area contributed by atoms with E-state index in [9.17, 15) is 9.59 Å². The van der Waals surface area contributed by atoms with Gasteiger partial charge in [-0.05, 0) is 0 Å². The van der Waals surface area contributed by atoms with Gasteiger partial charge in [0.05, 0.1) is 5.88 Å². The van der Waals surface area contributed by atoms with Gasteiger partial charge in [0.2, 0.25) is 0 Å². The van der Waals surface area contributed by atoms with Crippen molar-refractivity contribution in [3.63, 3.8) is 0 Å². The summed E-state index contributed by atoms with van der Waals surface area (Å²) in [5.74, 6) is -2.14. The van der Waals surface area contributed by atoms with Gasteiger partial charge in [0, 0.05) is 6.42 Å². The molecule has 0 aliphatic carbocycles. The van der Waals surface area contributed by atoms with E-state index in [1.807, 2.05) is 0 Å². The number of aliphatic carboxylic acids is 1. The number of carboxylic acids is 1. The molecule has 0 spiro atoms. The van der Waals surface area contributed by atoms with Crippen LogP contribution in [0, 0.1) is 0 Å². The lowest BCUT2D eigenvalue weighted by molar-refractivity contribution is -0.148. The van der Waals surface area contributed by atoms with Crippen molar-refractivity contribution in [2.75, 3.05) is 5.88 Å². The smallest absolute Gasteiger partial charge is 0.332 e. The molecular formula is C5H7ClO4. The summed E-state index contributed by atoms with van der Waals surface area (Å²) in [5.41, 5.74) is 0. The van der Waals surface area contributed by atoms with E-state index in [2.05, 4.69) is 0 Å². The molecule has 0 aromatic rings. The third-order valence-electron chi connectivity index (χ3n) is 0.855. The van der Waals surface area contributed by atoms with Crippen molar-refractivity contribution in [1.82, 2.24) is 0 Å². The summed E-state index contributed by atoms with van der Waals surface area (Å²) in [6, 6.07) is 0. The quantitative estimate of drug-likeness (QED) is 0.559. The maximum Gasteiger partial charge on any atom is 0.332 e. The molecule has 0 heterocycles. The largest absolute Gasteiger partial charge is 0.479 e. The van der Waals surface area contributed by atoms with Crippen LogP contribution in [0.5, 0.6) is 0 Å². The molecule has 0 bridgehead atoms.